The molecule has 1 amide bonds. The fourth-order valence-electron chi connectivity index (χ4n) is 8.86. The molecule has 2 atom stereocenters. The number of piperidine rings is 3. The molecule has 4 N–H and O–H groups in total. The highest BCUT2D eigenvalue weighted by molar-refractivity contribution is 6.74. The number of nitrogens with one attached hydrogen (secondary N) is 2. The van der Waals surface area contributed by atoms with Crippen LogP contribution in [0.3, 0.4) is 0 Å². The number of carbonyl (C=O) groups is 1. The van der Waals surface area contributed by atoms with Crippen molar-refractivity contribution in [3.8, 4) is 16.9 Å². The van der Waals surface area contributed by atoms with E-state index >= 15 is 0 Å². The number of carboxylic acid groups (broad SMARTS) is 1. The van der Waals surface area contributed by atoms with Crippen LogP contribution in [0.2, 0.25) is 18.1 Å². The third kappa shape index (κ3) is 8.94. The molecule has 3 aliphatic heterocycles. The lowest BCUT2D eigenvalue weighted by molar-refractivity contribution is 0.0838. The van der Waals surface area contributed by atoms with Crippen molar-refractivity contribution >= 4 is 48.2 Å². The number of aryl methyl sites for hydroxylation is 1. The lowest BCUT2D eigenvalue weighted by Gasteiger charge is -2.48. The van der Waals surface area contributed by atoms with Crippen LogP contribution in [0.25, 0.3) is 39.2 Å². The van der Waals surface area contributed by atoms with Crippen LogP contribution in [0, 0.1) is 5.92 Å². The minimum atomic E-state index is -2.25. The van der Waals surface area contributed by atoms with Gasteiger partial charge in [-0.25, -0.2) is 9.59 Å². The summed E-state index contributed by atoms with van der Waals surface area (Å²) in [5.41, 5.74) is 6.61. The van der Waals surface area contributed by atoms with Crippen LogP contribution in [0.1, 0.15) is 62.8 Å². The number of phenols is 1. The van der Waals surface area contributed by atoms with Crippen molar-refractivity contribution in [2.24, 2.45) is 5.92 Å². The van der Waals surface area contributed by atoms with Gasteiger partial charge in [-0.2, -0.15) is 0 Å². The van der Waals surface area contributed by atoms with Gasteiger partial charge in [0.1, 0.15) is 5.75 Å². The number of phenolic OH excluding ortho intramolecular Hbond substituents is 1. The van der Waals surface area contributed by atoms with Crippen LogP contribution >= 0.6 is 0 Å². The Bertz CT molecular complexity index is 2730. The molecule has 13 heteroatoms. The number of fused-ring (bicyclic) bond motifs is 5. The Morgan fingerprint density at radius 2 is 1.79 bits per heavy atom. The van der Waals surface area contributed by atoms with E-state index in [9.17, 15) is 24.6 Å². The smallest absolute Gasteiger partial charge is 0.419 e. The number of anilines is 1. The lowest BCUT2D eigenvalue weighted by Crippen LogP contribution is -2.58. The number of oxazole rings is 1. The fourth-order valence-corrected chi connectivity index (χ4v) is 10.1. The van der Waals surface area contributed by atoms with Crippen molar-refractivity contribution in [1.29, 1.82) is 0 Å². The average molecular weight is 856 g/mol. The number of hydrogen-bond acceptors (Lipinski definition) is 8. The topological polar surface area (TPSA) is 153 Å². The van der Waals surface area contributed by atoms with E-state index in [1.54, 1.807) is 21.6 Å². The van der Waals surface area contributed by atoms with Crippen molar-refractivity contribution in [3.63, 3.8) is 0 Å². The largest absolute Gasteiger partial charge is 0.506 e. The summed E-state index contributed by atoms with van der Waals surface area (Å²) in [5, 5.41) is 25.4. The molecule has 0 unspecified atom stereocenters. The first-order chi connectivity index (χ1) is 29.7. The Balaban J connectivity index is 0.960. The molecular formula is C49H57N5O7Si. The summed E-state index contributed by atoms with van der Waals surface area (Å²) in [6, 6.07) is 28.3. The first kappa shape index (κ1) is 42.9. The van der Waals surface area contributed by atoms with Gasteiger partial charge in [-0.05, 0) is 115 Å². The maximum Gasteiger partial charge on any atom is 0.419 e. The molecule has 324 valence electrons. The molecule has 6 aromatic rings. The van der Waals surface area contributed by atoms with Crippen molar-refractivity contribution in [2.75, 3.05) is 31.1 Å². The molecule has 0 saturated carbocycles. The molecule has 9 rings (SSSR count). The summed E-state index contributed by atoms with van der Waals surface area (Å²) in [5.74, 6) is -0.0634. The van der Waals surface area contributed by atoms with Crippen LogP contribution < -0.4 is 21.5 Å². The number of nitrogens with zero attached hydrogens (tertiary/aromatic N) is 3. The van der Waals surface area contributed by atoms with E-state index < -0.39 is 20.2 Å². The van der Waals surface area contributed by atoms with Gasteiger partial charge in [0.25, 0.3) is 0 Å². The molecule has 12 nitrogen and oxygen atoms in total. The minimum Gasteiger partial charge on any atom is -0.506 e. The summed E-state index contributed by atoms with van der Waals surface area (Å²) in [6.45, 7) is 15.2. The predicted molar refractivity (Wildman–Crippen MR) is 248 cm³/mol. The summed E-state index contributed by atoms with van der Waals surface area (Å²) >= 11 is 0. The summed E-state index contributed by atoms with van der Waals surface area (Å²) in [6.07, 6.45) is 5.39. The van der Waals surface area contributed by atoms with Crippen molar-refractivity contribution in [2.45, 2.75) is 83.4 Å². The van der Waals surface area contributed by atoms with Crippen molar-refractivity contribution in [3.05, 3.63) is 135 Å². The Morgan fingerprint density at radius 3 is 2.50 bits per heavy atom. The van der Waals surface area contributed by atoms with Gasteiger partial charge in [0.2, 0.25) is 5.56 Å². The van der Waals surface area contributed by atoms with Gasteiger partial charge in [0.05, 0.1) is 28.9 Å². The van der Waals surface area contributed by atoms with Gasteiger partial charge in [-0.1, -0.05) is 81.5 Å². The zero-order valence-corrected chi connectivity index (χ0v) is 37.2. The van der Waals surface area contributed by atoms with Crippen LogP contribution in [-0.4, -0.2) is 71.3 Å². The number of H-pyrrole nitrogens is 1. The maximum absolute atomic E-state index is 13.1. The second-order valence-corrected chi connectivity index (χ2v) is 23.1. The zero-order chi connectivity index (χ0) is 43.8. The molecule has 2 bridgehead atoms. The number of pyridine rings is 1. The Labute approximate surface area is 362 Å². The highest BCUT2D eigenvalue weighted by Gasteiger charge is 2.41. The predicted octanol–water partition coefficient (Wildman–Crippen LogP) is 9.34. The first-order valence-electron chi connectivity index (χ1n) is 21.6. The molecule has 3 saturated heterocycles. The second kappa shape index (κ2) is 17.6. The molecule has 4 aromatic carbocycles. The molecular weight excluding hydrogens is 799 g/mol. The summed E-state index contributed by atoms with van der Waals surface area (Å²) < 4.78 is 14.3. The molecule has 62 heavy (non-hydrogen) atoms. The normalized spacial score (nSPS) is 18.5. The van der Waals surface area contributed by atoms with E-state index in [0.717, 1.165) is 65.7 Å². The first-order valence-corrected chi connectivity index (χ1v) is 24.5. The number of benzene rings is 4. The van der Waals surface area contributed by atoms with Gasteiger partial charge < -0.3 is 34.3 Å². The number of allylic oxidation sites excluding steroid dienone is 1. The van der Waals surface area contributed by atoms with Crippen molar-refractivity contribution in [1.82, 2.24) is 19.8 Å². The van der Waals surface area contributed by atoms with Crippen LogP contribution in [0.4, 0.5) is 10.5 Å². The number of aromatic hydroxyl groups is 1. The molecule has 0 spiro atoms. The quantitative estimate of drug-likeness (QED) is 0.0786. The average Bonchev–Trinajstić information content (AvgIpc) is 3.56. The van der Waals surface area contributed by atoms with E-state index in [1.165, 1.54) is 6.07 Å². The van der Waals surface area contributed by atoms with Gasteiger partial charge in [-0.15, -0.1) is 0 Å². The highest BCUT2D eigenvalue weighted by atomic mass is 28.4. The van der Waals surface area contributed by atoms with Crippen LogP contribution in [-0.2, 0) is 17.5 Å². The zero-order valence-electron chi connectivity index (χ0n) is 36.2. The van der Waals surface area contributed by atoms with Crippen LogP contribution in [0.15, 0.2) is 111 Å². The van der Waals surface area contributed by atoms with Gasteiger partial charge in [0.15, 0.2) is 13.9 Å². The number of amides is 1. The number of hydrogen-bond donors (Lipinski definition) is 4. The molecule has 0 aliphatic carbocycles. The van der Waals surface area contributed by atoms with E-state index in [2.05, 4.69) is 55.1 Å². The maximum atomic E-state index is 13.1. The lowest BCUT2D eigenvalue weighted by atomic mass is 9.82. The number of rotatable bonds is 14. The SMILES string of the molecule is CC(C)(C)[Si](C)(C)O[C@@H](CNCc1ccc2c(c1)oc(=O)n2CC/C=C/c1ccc(N(C(=O)O)[C@H]2CN3CCC2CC3)c(-c2ccccc2)c1)c1ccc(O)c2[nH]c(=O)ccc12. The standard InChI is InChI=1S/C49H57N5O7Si/c1-49(2,3)62(4,5)61-44(36-16-20-42(55)46-37(36)17-21-45(56)51-46)30-50-29-33-15-19-40-43(28-33)60-48(59)53(40)24-10-9-11-32-14-18-39(38(27-32)34-12-7-6-8-13-34)54(47(57)58)41-31-52-25-22-35(41)23-26-52/h6-9,11-21,27-28,35,41,44,50,55H,10,22-26,29-31H2,1-5H3,(H,51,56)(H,57,58)/b11-9+/t41-,44-/m0/s1. The van der Waals surface area contributed by atoms with Crippen molar-refractivity contribution < 1.29 is 23.9 Å². The summed E-state index contributed by atoms with van der Waals surface area (Å²) in [4.78, 5) is 44.9. The van der Waals surface area contributed by atoms with Crippen LogP contribution in [0.5, 0.6) is 5.75 Å². The van der Waals surface area contributed by atoms with Gasteiger partial charge >= 0.3 is 11.8 Å². The Hall–Kier alpha value is -5.73. The highest BCUT2D eigenvalue weighted by Crippen LogP contribution is 2.42. The molecule has 0 radical (unpaired) electrons. The Kier molecular flexibility index (Phi) is 12.2. The van der Waals surface area contributed by atoms with E-state index in [0.29, 0.717) is 54.3 Å². The monoisotopic (exact) mass is 855 g/mol. The molecule has 3 fully saturated rings. The third-order valence-corrected chi connectivity index (χ3v) is 17.7. The number of aromatic nitrogens is 2. The van der Waals surface area contributed by atoms with E-state index in [-0.39, 0.29) is 28.5 Å². The van der Waals surface area contributed by atoms with Gasteiger partial charge in [-0.3, -0.25) is 14.3 Å². The minimum absolute atomic E-state index is 0.00552. The van der Waals surface area contributed by atoms with E-state index in [1.807, 2.05) is 78.9 Å². The molecule has 3 aliphatic rings. The van der Waals surface area contributed by atoms with E-state index in [4.69, 9.17) is 8.84 Å². The second-order valence-electron chi connectivity index (χ2n) is 18.3. The Morgan fingerprint density at radius 1 is 1.02 bits per heavy atom. The summed E-state index contributed by atoms with van der Waals surface area (Å²) in [7, 11) is -2.25. The number of aromatic amines is 1. The van der Waals surface area contributed by atoms with Gasteiger partial charge in [0, 0.05) is 43.2 Å². The fraction of sp³-hybridized carbons (Fsp3) is 0.367. The third-order valence-electron chi connectivity index (χ3n) is 13.2. The molecule has 2 aromatic heterocycles. The molecule has 5 heterocycles.